The van der Waals surface area contributed by atoms with Crippen molar-refractivity contribution >= 4 is 5.97 Å². The molecular weight excluding hydrogens is 234 g/mol. The Labute approximate surface area is 95.6 Å². The molecule has 1 rings (SSSR count). The summed E-state index contributed by atoms with van der Waals surface area (Å²) < 4.78 is 34.3. The first-order valence-corrected chi connectivity index (χ1v) is 4.40. The Bertz CT molecular complexity index is 483. The Kier molecular flexibility index (Phi) is 3.93. The number of nitriles is 1. The zero-order chi connectivity index (χ0) is 13.0. The number of nitrogens with zero attached hydrogens (tertiary/aromatic N) is 2. The van der Waals surface area contributed by atoms with Crippen LogP contribution in [0.5, 0.6) is 5.75 Å². The topological polar surface area (TPSA) is 72.2 Å². The quantitative estimate of drug-likeness (QED) is 0.754. The second kappa shape index (κ2) is 5.21. The molecule has 0 saturated heterocycles. The van der Waals surface area contributed by atoms with Crippen molar-refractivity contribution < 1.29 is 23.0 Å². The zero-order valence-electron chi connectivity index (χ0n) is 9.03. The number of esters is 1. The Balaban J connectivity index is 3.50. The van der Waals surface area contributed by atoms with Crippen molar-refractivity contribution in [2.75, 3.05) is 14.2 Å². The maximum Gasteiger partial charge on any atom is 0.343 e. The molecule has 0 unspecified atom stereocenters. The molecule has 0 radical (unpaired) electrons. The van der Waals surface area contributed by atoms with Gasteiger partial charge in [-0.15, -0.1) is 0 Å². The molecule has 0 bridgehead atoms. The molecule has 0 aliphatic heterocycles. The molecule has 90 valence electrons. The van der Waals surface area contributed by atoms with Gasteiger partial charge in [-0.25, -0.2) is 13.6 Å². The van der Waals surface area contributed by atoms with Crippen LogP contribution in [-0.4, -0.2) is 25.2 Å². The van der Waals surface area contributed by atoms with Crippen molar-refractivity contribution in [2.24, 2.45) is 0 Å². The average molecular weight is 242 g/mol. The lowest BCUT2D eigenvalue weighted by atomic mass is 10.1. The van der Waals surface area contributed by atoms with Gasteiger partial charge in [0.2, 0.25) is 0 Å². The Morgan fingerprint density at radius 1 is 1.53 bits per heavy atom. The predicted octanol–water partition coefficient (Wildman–Crippen LogP) is 1.69. The first kappa shape index (κ1) is 12.8. The molecule has 1 heterocycles. The highest BCUT2D eigenvalue weighted by atomic mass is 19.3. The number of pyridine rings is 1. The van der Waals surface area contributed by atoms with Gasteiger partial charge < -0.3 is 9.47 Å². The van der Waals surface area contributed by atoms with Crippen LogP contribution in [0.2, 0.25) is 0 Å². The maximum atomic E-state index is 12.6. The molecule has 0 N–H and O–H groups in total. The predicted molar refractivity (Wildman–Crippen MR) is 51.8 cm³/mol. The number of hydrogen-bond donors (Lipinski definition) is 0. The minimum atomic E-state index is -2.93. The summed E-state index contributed by atoms with van der Waals surface area (Å²) in [6.45, 7) is 0. The lowest BCUT2D eigenvalue weighted by Crippen LogP contribution is -2.09. The standard InChI is InChI=1S/C10H8F2N2O3/c1-16-8-5(3-13)7(9(11)12)14-4-6(8)10(15)17-2/h4,9H,1-2H3. The van der Waals surface area contributed by atoms with Gasteiger partial charge >= 0.3 is 5.97 Å². The van der Waals surface area contributed by atoms with Crippen molar-refractivity contribution in [3.05, 3.63) is 23.0 Å². The van der Waals surface area contributed by atoms with Gasteiger partial charge in [0.1, 0.15) is 22.9 Å². The number of ether oxygens (including phenoxy) is 2. The molecule has 0 fully saturated rings. The molecule has 0 aliphatic rings. The summed E-state index contributed by atoms with van der Waals surface area (Å²) in [5.41, 5.74) is -1.36. The van der Waals surface area contributed by atoms with Crippen LogP contribution in [0, 0.1) is 11.3 Å². The Hall–Kier alpha value is -2.23. The summed E-state index contributed by atoms with van der Waals surface area (Å²) in [6.07, 6.45) is -2.03. The Morgan fingerprint density at radius 3 is 2.59 bits per heavy atom. The SMILES string of the molecule is COC(=O)c1cnc(C(F)F)c(C#N)c1OC. The van der Waals surface area contributed by atoms with Gasteiger partial charge in [0.25, 0.3) is 6.43 Å². The molecule has 0 atom stereocenters. The fourth-order valence-electron chi connectivity index (χ4n) is 1.25. The molecule has 5 nitrogen and oxygen atoms in total. The summed E-state index contributed by atoms with van der Waals surface area (Å²) in [5.74, 6) is -1.07. The fourth-order valence-corrected chi connectivity index (χ4v) is 1.25. The number of aromatic nitrogens is 1. The zero-order valence-corrected chi connectivity index (χ0v) is 9.03. The van der Waals surface area contributed by atoms with E-state index in [9.17, 15) is 13.6 Å². The number of rotatable bonds is 3. The lowest BCUT2D eigenvalue weighted by Gasteiger charge is -2.10. The van der Waals surface area contributed by atoms with Gasteiger partial charge in [-0.3, -0.25) is 4.98 Å². The normalized spacial score (nSPS) is 9.88. The van der Waals surface area contributed by atoms with Crippen LogP contribution in [0.15, 0.2) is 6.20 Å². The van der Waals surface area contributed by atoms with Crippen molar-refractivity contribution in [2.45, 2.75) is 6.43 Å². The van der Waals surface area contributed by atoms with Gasteiger partial charge in [0, 0.05) is 6.20 Å². The van der Waals surface area contributed by atoms with Crippen molar-refractivity contribution in [1.29, 1.82) is 5.26 Å². The highest BCUT2D eigenvalue weighted by Gasteiger charge is 2.24. The van der Waals surface area contributed by atoms with Crippen molar-refractivity contribution in [3.63, 3.8) is 0 Å². The third-order valence-corrected chi connectivity index (χ3v) is 1.99. The van der Waals surface area contributed by atoms with Gasteiger partial charge in [0.15, 0.2) is 5.75 Å². The molecular formula is C10H8F2N2O3. The molecule has 0 aromatic carbocycles. The first-order valence-electron chi connectivity index (χ1n) is 4.40. The molecule has 0 aliphatic carbocycles. The third-order valence-electron chi connectivity index (χ3n) is 1.99. The van der Waals surface area contributed by atoms with Crippen LogP contribution in [0.4, 0.5) is 8.78 Å². The second-order valence-corrected chi connectivity index (χ2v) is 2.87. The van der Waals surface area contributed by atoms with Crippen LogP contribution >= 0.6 is 0 Å². The van der Waals surface area contributed by atoms with E-state index >= 15 is 0 Å². The van der Waals surface area contributed by atoms with E-state index in [1.807, 2.05) is 0 Å². The van der Waals surface area contributed by atoms with Crippen LogP contribution in [0.3, 0.4) is 0 Å². The van der Waals surface area contributed by atoms with E-state index in [1.54, 1.807) is 6.07 Å². The van der Waals surface area contributed by atoms with E-state index in [2.05, 4.69) is 9.72 Å². The smallest absolute Gasteiger partial charge is 0.343 e. The summed E-state index contributed by atoms with van der Waals surface area (Å²) in [5, 5.41) is 8.80. The van der Waals surface area contributed by atoms with Crippen LogP contribution in [0.25, 0.3) is 0 Å². The van der Waals surface area contributed by atoms with Crippen LogP contribution < -0.4 is 4.74 Å². The fraction of sp³-hybridized carbons (Fsp3) is 0.300. The van der Waals surface area contributed by atoms with Crippen molar-refractivity contribution in [1.82, 2.24) is 4.98 Å². The van der Waals surface area contributed by atoms with E-state index < -0.39 is 23.7 Å². The molecule has 1 aromatic heterocycles. The molecule has 1 aromatic rings. The molecule has 0 spiro atoms. The monoisotopic (exact) mass is 242 g/mol. The largest absolute Gasteiger partial charge is 0.494 e. The highest BCUT2D eigenvalue weighted by Crippen LogP contribution is 2.30. The summed E-state index contributed by atoms with van der Waals surface area (Å²) in [4.78, 5) is 14.7. The third kappa shape index (κ3) is 2.30. The number of carbonyl (C=O) groups is 1. The number of carbonyl (C=O) groups excluding carboxylic acids is 1. The Morgan fingerprint density at radius 2 is 2.18 bits per heavy atom. The lowest BCUT2D eigenvalue weighted by molar-refractivity contribution is 0.0595. The highest BCUT2D eigenvalue weighted by molar-refractivity contribution is 5.93. The van der Waals surface area contributed by atoms with E-state index in [-0.39, 0.29) is 11.3 Å². The van der Waals surface area contributed by atoms with Gasteiger partial charge in [-0.2, -0.15) is 5.26 Å². The maximum absolute atomic E-state index is 12.6. The van der Waals surface area contributed by atoms with Gasteiger partial charge in [-0.1, -0.05) is 0 Å². The van der Waals surface area contributed by atoms with E-state index in [4.69, 9.17) is 10.00 Å². The first-order chi connectivity index (χ1) is 8.06. The number of methoxy groups -OCH3 is 2. The molecule has 0 amide bonds. The summed E-state index contributed by atoms with van der Waals surface area (Å²) >= 11 is 0. The summed E-state index contributed by atoms with van der Waals surface area (Å²) in [7, 11) is 2.28. The second-order valence-electron chi connectivity index (χ2n) is 2.87. The van der Waals surface area contributed by atoms with Crippen LogP contribution in [0.1, 0.15) is 28.0 Å². The number of halogens is 2. The summed E-state index contributed by atoms with van der Waals surface area (Å²) in [6, 6.07) is 1.54. The van der Waals surface area contributed by atoms with E-state index in [1.165, 1.54) is 0 Å². The molecule has 0 saturated carbocycles. The van der Waals surface area contributed by atoms with Gasteiger partial charge in [-0.05, 0) is 0 Å². The molecule has 17 heavy (non-hydrogen) atoms. The molecule has 7 heteroatoms. The van der Waals surface area contributed by atoms with E-state index in [0.717, 1.165) is 20.4 Å². The minimum Gasteiger partial charge on any atom is -0.494 e. The number of hydrogen-bond acceptors (Lipinski definition) is 5. The van der Waals surface area contributed by atoms with Crippen LogP contribution in [-0.2, 0) is 4.74 Å². The average Bonchev–Trinajstić information content (AvgIpc) is 2.35. The number of alkyl halides is 2. The van der Waals surface area contributed by atoms with Crippen molar-refractivity contribution in [3.8, 4) is 11.8 Å². The van der Waals surface area contributed by atoms with Gasteiger partial charge in [0.05, 0.1) is 14.2 Å². The minimum absolute atomic E-state index is 0.170. The van der Waals surface area contributed by atoms with E-state index in [0.29, 0.717) is 0 Å².